The van der Waals surface area contributed by atoms with Crippen LogP contribution in [-0.4, -0.2) is 27.3 Å². The molecule has 0 bridgehead atoms. The first-order chi connectivity index (χ1) is 15.7. The largest absolute Gasteiger partial charge is 0.335 e. The summed E-state index contributed by atoms with van der Waals surface area (Å²) < 4.78 is 1.87. The fourth-order valence-electron chi connectivity index (χ4n) is 3.80. The minimum atomic E-state index is -0.803. The number of nitrogens with one attached hydrogen (secondary N) is 1. The van der Waals surface area contributed by atoms with Crippen molar-refractivity contribution in [2.45, 2.75) is 20.8 Å². The van der Waals surface area contributed by atoms with Crippen LogP contribution in [0.1, 0.15) is 22.5 Å². The molecule has 2 aromatic carbocycles. The number of amides is 4. The molecule has 3 aromatic rings. The van der Waals surface area contributed by atoms with Gasteiger partial charge in [0.1, 0.15) is 5.57 Å². The summed E-state index contributed by atoms with van der Waals surface area (Å²) in [6, 6.07) is 13.9. The molecule has 9 heteroatoms. The molecule has 0 aliphatic carbocycles. The average Bonchev–Trinajstić information content (AvgIpc) is 3.05. The number of hydrogen-bond acceptors (Lipinski definition) is 5. The second kappa shape index (κ2) is 8.19. The lowest BCUT2D eigenvalue weighted by Crippen LogP contribution is -2.54. The Bertz CT molecular complexity index is 1330. The molecule has 1 aliphatic rings. The van der Waals surface area contributed by atoms with Crippen LogP contribution in [0.3, 0.4) is 0 Å². The third kappa shape index (κ3) is 3.91. The highest BCUT2D eigenvalue weighted by atomic mass is 16.6. The van der Waals surface area contributed by atoms with Gasteiger partial charge in [0.25, 0.3) is 17.5 Å². The van der Waals surface area contributed by atoms with Crippen LogP contribution in [-0.2, 0) is 9.59 Å². The van der Waals surface area contributed by atoms with Gasteiger partial charge in [-0.25, -0.2) is 9.69 Å². The van der Waals surface area contributed by atoms with E-state index in [4.69, 9.17) is 0 Å². The second-order valence-electron chi connectivity index (χ2n) is 7.73. The van der Waals surface area contributed by atoms with Crippen molar-refractivity contribution in [3.63, 3.8) is 0 Å². The Morgan fingerprint density at radius 1 is 0.909 bits per heavy atom. The summed E-state index contributed by atoms with van der Waals surface area (Å²) >= 11 is 0. The summed E-state index contributed by atoms with van der Waals surface area (Å²) in [7, 11) is 0. The SMILES string of the molecule is Cc1ccc(N2C(=O)NC(=O)C(=Cc3cc(C)n(-c4ccc([N+](=O)[O-])cc4)c3C)C2=O)cc1. The van der Waals surface area contributed by atoms with Crippen molar-refractivity contribution < 1.29 is 19.3 Å². The lowest BCUT2D eigenvalue weighted by Gasteiger charge is -2.26. The first kappa shape index (κ1) is 21.7. The molecule has 4 amide bonds. The van der Waals surface area contributed by atoms with Gasteiger partial charge >= 0.3 is 6.03 Å². The molecule has 0 saturated carbocycles. The molecule has 166 valence electrons. The maximum atomic E-state index is 13.1. The first-order valence-electron chi connectivity index (χ1n) is 10.1. The number of carbonyl (C=O) groups is 3. The summed E-state index contributed by atoms with van der Waals surface area (Å²) in [5.74, 6) is -1.48. The maximum Gasteiger partial charge on any atom is 0.335 e. The number of imide groups is 2. The zero-order valence-corrected chi connectivity index (χ0v) is 18.2. The van der Waals surface area contributed by atoms with Crippen LogP contribution >= 0.6 is 0 Å². The predicted octanol–water partition coefficient (Wildman–Crippen LogP) is 3.98. The van der Waals surface area contributed by atoms with Crippen LogP contribution in [0.25, 0.3) is 11.8 Å². The molecular formula is C24H20N4O5. The van der Waals surface area contributed by atoms with E-state index in [1.165, 1.54) is 18.2 Å². The molecule has 1 aromatic heterocycles. The molecule has 0 atom stereocenters. The van der Waals surface area contributed by atoms with Crippen molar-refractivity contribution in [1.82, 2.24) is 9.88 Å². The number of non-ortho nitro benzene ring substituents is 1. The zero-order chi connectivity index (χ0) is 23.9. The number of barbiturate groups is 1. The number of rotatable bonds is 4. The summed E-state index contributed by atoms with van der Waals surface area (Å²) in [5.41, 5.74) is 4.00. The number of aromatic nitrogens is 1. The van der Waals surface area contributed by atoms with E-state index in [1.807, 2.05) is 25.3 Å². The maximum absolute atomic E-state index is 13.1. The Kier molecular flexibility index (Phi) is 5.39. The highest BCUT2D eigenvalue weighted by Gasteiger charge is 2.37. The first-order valence-corrected chi connectivity index (χ1v) is 10.1. The molecular weight excluding hydrogens is 424 g/mol. The zero-order valence-electron chi connectivity index (χ0n) is 18.2. The van der Waals surface area contributed by atoms with Gasteiger partial charge in [0.15, 0.2) is 0 Å². The van der Waals surface area contributed by atoms with Crippen LogP contribution in [0.15, 0.2) is 60.2 Å². The van der Waals surface area contributed by atoms with E-state index in [1.54, 1.807) is 42.5 Å². The highest BCUT2D eigenvalue weighted by Crippen LogP contribution is 2.27. The average molecular weight is 444 g/mol. The van der Waals surface area contributed by atoms with Crippen molar-refractivity contribution in [2.75, 3.05) is 4.90 Å². The molecule has 33 heavy (non-hydrogen) atoms. The number of hydrogen-bond donors (Lipinski definition) is 1. The Morgan fingerprint density at radius 3 is 2.12 bits per heavy atom. The van der Waals surface area contributed by atoms with Crippen molar-refractivity contribution in [3.05, 3.63) is 92.8 Å². The van der Waals surface area contributed by atoms with Crippen molar-refractivity contribution in [2.24, 2.45) is 0 Å². The predicted molar refractivity (Wildman–Crippen MR) is 122 cm³/mol. The van der Waals surface area contributed by atoms with Gasteiger partial charge in [-0.2, -0.15) is 0 Å². The van der Waals surface area contributed by atoms with E-state index in [0.29, 0.717) is 16.9 Å². The summed E-state index contributed by atoms with van der Waals surface area (Å²) in [6.45, 7) is 5.55. The minimum Gasteiger partial charge on any atom is -0.318 e. The lowest BCUT2D eigenvalue weighted by molar-refractivity contribution is -0.384. The lowest BCUT2D eigenvalue weighted by atomic mass is 10.1. The fraction of sp³-hybridized carbons (Fsp3) is 0.125. The van der Waals surface area contributed by atoms with E-state index < -0.39 is 22.8 Å². The van der Waals surface area contributed by atoms with E-state index in [9.17, 15) is 24.5 Å². The third-order valence-corrected chi connectivity index (χ3v) is 5.48. The Balaban J connectivity index is 1.73. The Hall–Kier alpha value is -4.53. The van der Waals surface area contributed by atoms with E-state index in [2.05, 4.69) is 5.32 Å². The number of anilines is 1. The van der Waals surface area contributed by atoms with Crippen molar-refractivity contribution in [3.8, 4) is 5.69 Å². The third-order valence-electron chi connectivity index (χ3n) is 5.48. The van der Waals surface area contributed by atoms with E-state index in [-0.39, 0.29) is 11.3 Å². The van der Waals surface area contributed by atoms with Gasteiger partial charge in [0, 0.05) is 29.2 Å². The Morgan fingerprint density at radius 2 is 1.52 bits per heavy atom. The molecule has 0 spiro atoms. The van der Waals surface area contributed by atoms with Gasteiger partial charge in [0.05, 0.1) is 10.6 Å². The van der Waals surface area contributed by atoms with Gasteiger partial charge in [0.2, 0.25) is 0 Å². The molecule has 1 fully saturated rings. The summed E-state index contributed by atoms with van der Waals surface area (Å²) in [4.78, 5) is 49.4. The number of urea groups is 1. The number of benzene rings is 2. The van der Waals surface area contributed by atoms with Crippen molar-refractivity contribution in [1.29, 1.82) is 0 Å². The summed E-state index contributed by atoms with van der Waals surface area (Å²) in [5, 5.41) is 13.2. The molecule has 0 unspecified atom stereocenters. The Labute approximate surface area is 189 Å². The normalized spacial score (nSPS) is 15.2. The van der Waals surface area contributed by atoms with Gasteiger partial charge in [-0.1, -0.05) is 17.7 Å². The van der Waals surface area contributed by atoms with Gasteiger partial charge < -0.3 is 4.57 Å². The quantitative estimate of drug-likeness (QED) is 0.283. The van der Waals surface area contributed by atoms with Gasteiger partial charge in [-0.3, -0.25) is 25.0 Å². The number of carbonyl (C=O) groups excluding carboxylic acids is 3. The highest BCUT2D eigenvalue weighted by molar-refractivity contribution is 6.39. The van der Waals surface area contributed by atoms with Crippen LogP contribution in [0.2, 0.25) is 0 Å². The molecule has 9 nitrogen and oxygen atoms in total. The number of nitro groups is 1. The smallest absolute Gasteiger partial charge is 0.318 e. The minimum absolute atomic E-state index is 0.0195. The van der Waals surface area contributed by atoms with Crippen LogP contribution < -0.4 is 10.2 Å². The molecule has 1 aliphatic heterocycles. The monoisotopic (exact) mass is 444 g/mol. The number of nitro benzene ring substituents is 1. The van der Waals surface area contributed by atoms with Gasteiger partial charge in [-0.15, -0.1) is 0 Å². The molecule has 2 heterocycles. The van der Waals surface area contributed by atoms with E-state index in [0.717, 1.165) is 21.9 Å². The van der Waals surface area contributed by atoms with Crippen LogP contribution in [0.5, 0.6) is 0 Å². The second-order valence-corrected chi connectivity index (χ2v) is 7.73. The molecule has 4 rings (SSSR count). The molecule has 1 saturated heterocycles. The van der Waals surface area contributed by atoms with E-state index >= 15 is 0 Å². The van der Waals surface area contributed by atoms with Gasteiger partial charge in [-0.05, 0) is 62.7 Å². The van der Waals surface area contributed by atoms with Crippen LogP contribution in [0, 0.1) is 30.9 Å². The molecule has 1 N–H and O–H groups in total. The number of nitrogens with zero attached hydrogens (tertiary/aromatic N) is 3. The number of aryl methyl sites for hydroxylation is 2. The topological polar surface area (TPSA) is 115 Å². The standard InChI is InChI=1S/C24H20N4O5/c1-14-4-6-19(7-5-14)27-23(30)21(22(29)25-24(27)31)13-17-12-15(2)26(16(17)3)18-8-10-20(11-9-18)28(32)33/h4-13H,1-3H3,(H,25,29,31). The fourth-order valence-corrected chi connectivity index (χ4v) is 3.80. The van der Waals surface area contributed by atoms with Crippen LogP contribution in [0.4, 0.5) is 16.2 Å². The van der Waals surface area contributed by atoms with Crippen molar-refractivity contribution >= 4 is 35.3 Å². The molecule has 0 radical (unpaired) electrons. The summed E-state index contributed by atoms with van der Waals surface area (Å²) in [6.07, 6.45) is 1.45.